The number of benzene rings is 1. The zero-order chi connectivity index (χ0) is 17.9. The Balaban J connectivity index is 1.64. The van der Waals surface area contributed by atoms with Crippen molar-refractivity contribution in [2.24, 2.45) is 5.92 Å². The molecule has 0 radical (unpaired) electrons. The summed E-state index contributed by atoms with van der Waals surface area (Å²) in [4.78, 5) is 6.22. The Morgan fingerprint density at radius 3 is 2.36 bits per heavy atom. The lowest BCUT2D eigenvalue weighted by Gasteiger charge is -2.17. The van der Waals surface area contributed by atoms with Crippen LogP contribution >= 0.6 is 0 Å². The van der Waals surface area contributed by atoms with Crippen molar-refractivity contribution in [3.8, 4) is 5.75 Å². The van der Waals surface area contributed by atoms with Gasteiger partial charge < -0.3 is 9.84 Å². The van der Waals surface area contributed by atoms with Gasteiger partial charge in [0.05, 0.1) is 0 Å². The predicted molar refractivity (Wildman–Crippen MR) is 86.0 cm³/mol. The Morgan fingerprint density at radius 2 is 1.76 bits per heavy atom. The minimum atomic E-state index is -4.68. The normalized spacial score (nSPS) is 21.4. The number of rotatable bonds is 5. The standard InChI is InChI=1S/C18H19F3N2O2/c19-18(20,21)25-16-3-1-13(2-4-16)9-23-10-15(12-24)17(11-23)14-5-7-22-8-6-14/h1-8,15,17,24H,9-12H2. The van der Waals surface area contributed by atoms with Crippen molar-refractivity contribution in [1.29, 1.82) is 0 Å². The van der Waals surface area contributed by atoms with Crippen LogP contribution in [-0.2, 0) is 6.54 Å². The number of alkyl halides is 3. The molecule has 134 valence electrons. The molecule has 0 saturated carbocycles. The summed E-state index contributed by atoms with van der Waals surface area (Å²) < 4.78 is 40.5. The molecular formula is C18H19F3N2O2. The molecule has 0 amide bonds. The van der Waals surface area contributed by atoms with Gasteiger partial charge in [0.2, 0.25) is 0 Å². The van der Waals surface area contributed by atoms with E-state index in [0.717, 1.165) is 24.2 Å². The largest absolute Gasteiger partial charge is 0.573 e. The van der Waals surface area contributed by atoms with Crippen molar-refractivity contribution in [2.75, 3.05) is 19.7 Å². The second-order valence-electron chi connectivity index (χ2n) is 6.22. The molecule has 4 nitrogen and oxygen atoms in total. The van der Waals surface area contributed by atoms with E-state index in [2.05, 4.69) is 14.6 Å². The third-order valence-electron chi connectivity index (χ3n) is 4.45. The molecule has 0 aliphatic carbocycles. The van der Waals surface area contributed by atoms with Crippen LogP contribution in [0, 0.1) is 5.92 Å². The Hall–Kier alpha value is -2.12. The van der Waals surface area contributed by atoms with Gasteiger partial charge in [-0.2, -0.15) is 0 Å². The Kier molecular flexibility index (Phi) is 5.24. The van der Waals surface area contributed by atoms with Crippen LogP contribution in [-0.4, -0.2) is 41.0 Å². The highest BCUT2D eigenvalue weighted by molar-refractivity contribution is 5.28. The summed E-state index contributed by atoms with van der Waals surface area (Å²) in [5, 5.41) is 9.66. The molecule has 1 saturated heterocycles. The number of halogens is 3. The first-order valence-corrected chi connectivity index (χ1v) is 8.02. The number of aliphatic hydroxyl groups is 1. The van der Waals surface area contributed by atoms with Crippen molar-refractivity contribution >= 4 is 0 Å². The van der Waals surface area contributed by atoms with E-state index in [0.29, 0.717) is 6.54 Å². The fourth-order valence-corrected chi connectivity index (χ4v) is 3.32. The topological polar surface area (TPSA) is 45.6 Å². The van der Waals surface area contributed by atoms with Gasteiger partial charge >= 0.3 is 6.36 Å². The first-order valence-electron chi connectivity index (χ1n) is 8.02. The van der Waals surface area contributed by atoms with Crippen molar-refractivity contribution in [3.63, 3.8) is 0 Å². The van der Waals surface area contributed by atoms with Crippen LogP contribution in [0.15, 0.2) is 48.8 Å². The lowest BCUT2D eigenvalue weighted by molar-refractivity contribution is -0.274. The molecule has 2 aromatic rings. The zero-order valence-electron chi connectivity index (χ0n) is 13.5. The molecule has 1 aliphatic rings. The molecule has 2 heterocycles. The van der Waals surface area contributed by atoms with E-state index < -0.39 is 6.36 Å². The number of aromatic nitrogens is 1. The molecule has 1 fully saturated rings. The molecule has 0 bridgehead atoms. The SMILES string of the molecule is OCC1CN(Cc2ccc(OC(F)(F)F)cc2)CC1c1ccncc1. The monoisotopic (exact) mass is 352 g/mol. The molecule has 1 aromatic heterocycles. The van der Waals surface area contributed by atoms with E-state index in [9.17, 15) is 18.3 Å². The summed E-state index contributed by atoms with van der Waals surface area (Å²) in [5.41, 5.74) is 2.05. The molecule has 1 aromatic carbocycles. The second kappa shape index (κ2) is 7.41. The summed E-state index contributed by atoms with van der Waals surface area (Å²) in [5.74, 6) is 0.136. The van der Waals surface area contributed by atoms with E-state index in [4.69, 9.17) is 0 Å². The quantitative estimate of drug-likeness (QED) is 0.898. The van der Waals surface area contributed by atoms with Gasteiger partial charge in [-0.05, 0) is 35.4 Å². The van der Waals surface area contributed by atoms with Gasteiger partial charge in [0.15, 0.2) is 0 Å². The van der Waals surface area contributed by atoms with Gasteiger partial charge in [0.1, 0.15) is 5.75 Å². The van der Waals surface area contributed by atoms with Gasteiger partial charge in [0, 0.05) is 50.5 Å². The highest BCUT2D eigenvalue weighted by atomic mass is 19.4. The summed E-state index contributed by atoms with van der Waals surface area (Å²) in [7, 11) is 0. The molecule has 7 heteroatoms. The van der Waals surface area contributed by atoms with Crippen molar-refractivity contribution in [3.05, 3.63) is 59.9 Å². The molecule has 3 rings (SSSR count). The highest BCUT2D eigenvalue weighted by Crippen LogP contribution is 2.33. The first-order chi connectivity index (χ1) is 11.9. The number of hydrogen-bond donors (Lipinski definition) is 1. The maximum atomic E-state index is 12.2. The maximum Gasteiger partial charge on any atom is 0.573 e. The smallest absolute Gasteiger partial charge is 0.406 e. The first kappa shape index (κ1) is 17.7. The van der Waals surface area contributed by atoms with E-state index >= 15 is 0 Å². The van der Waals surface area contributed by atoms with Gasteiger partial charge in [0.25, 0.3) is 0 Å². The lowest BCUT2D eigenvalue weighted by Crippen LogP contribution is -2.21. The summed E-state index contributed by atoms with van der Waals surface area (Å²) in [6, 6.07) is 9.83. The van der Waals surface area contributed by atoms with Crippen LogP contribution in [0.2, 0.25) is 0 Å². The lowest BCUT2D eigenvalue weighted by atomic mass is 9.90. The number of hydrogen-bond acceptors (Lipinski definition) is 4. The van der Waals surface area contributed by atoms with Crippen molar-refractivity contribution in [2.45, 2.75) is 18.8 Å². The summed E-state index contributed by atoms with van der Waals surface area (Å²) in [6.07, 6.45) is -1.19. The Bertz CT molecular complexity index is 677. The number of nitrogens with zero attached hydrogens (tertiary/aromatic N) is 2. The number of likely N-dealkylation sites (tertiary alicyclic amines) is 1. The van der Waals surface area contributed by atoms with Gasteiger partial charge in [-0.15, -0.1) is 13.2 Å². The summed E-state index contributed by atoms with van der Waals surface area (Å²) >= 11 is 0. The van der Waals surface area contributed by atoms with Crippen LogP contribution in [0.4, 0.5) is 13.2 Å². The zero-order valence-corrected chi connectivity index (χ0v) is 13.5. The number of ether oxygens (including phenoxy) is 1. The third kappa shape index (κ3) is 4.70. The van der Waals surface area contributed by atoms with E-state index in [1.54, 1.807) is 24.5 Å². The molecule has 25 heavy (non-hydrogen) atoms. The Labute approximate surface area is 143 Å². The van der Waals surface area contributed by atoms with E-state index in [1.807, 2.05) is 12.1 Å². The molecule has 2 atom stereocenters. The van der Waals surface area contributed by atoms with E-state index in [-0.39, 0.29) is 24.2 Å². The minimum Gasteiger partial charge on any atom is -0.406 e. The number of pyridine rings is 1. The van der Waals surface area contributed by atoms with Crippen LogP contribution < -0.4 is 4.74 Å². The van der Waals surface area contributed by atoms with Crippen LogP contribution in [0.5, 0.6) is 5.75 Å². The Morgan fingerprint density at radius 1 is 1.08 bits per heavy atom. The molecule has 0 spiro atoms. The van der Waals surface area contributed by atoms with Crippen LogP contribution in [0.3, 0.4) is 0 Å². The van der Waals surface area contributed by atoms with Gasteiger partial charge in [-0.3, -0.25) is 9.88 Å². The minimum absolute atomic E-state index is 0.0991. The highest BCUT2D eigenvalue weighted by Gasteiger charge is 2.33. The summed E-state index contributed by atoms with van der Waals surface area (Å²) in [6.45, 7) is 2.24. The number of aliphatic hydroxyl groups excluding tert-OH is 1. The van der Waals surface area contributed by atoms with Gasteiger partial charge in [-0.1, -0.05) is 12.1 Å². The predicted octanol–water partition coefficient (Wildman–Crippen LogP) is 3.19. The fourth-order valence-electron chi connectivity index (χ4n) is 3.32. The van der Waals surface area contributed by atoms with Crippen molar-refractivity contribution in [1.82, 2.24) is 9.88 Å². The molecule has 2 unspecified atom stereocenters. The molecular weight excluding hydrogens is 333 g/mol. The molecule has 1 aliphatic heterocycles. The van der Waals surface area contributed by atoms with Crippen molar-refractivity contribution < 1.29 is 23.0 Å². The van der Waals surface area contributed by atoms with E-state index in [1.165, 1.54) is 12.1 Å². The third-order valence-corrected chi connectivity index (χ3v) is 4.45. The second-order valence-corrected chi connectivity index (χ2v) is 6.22. The van der Waals surface area contributed by atoms with Crippen LogP contribution in [0.1, 0.15) is 17.0 Å². The maximum absolute atomic E-state index is 12.2. The van der Waals surface area contributed by atoms with Crippen LogP contribution in [0.25, 0.3) is 0 Å². The average Bonchev–Trinajstić information content (AvgIpc) is 2.99. The molecule has 1 N–H and O–H groups in total. The average molecular weight is 352 g/mol. The fraction of sp³-hybridized carbons (Fsp3) is 0.389. The van der Waals surface area contributed by atoms with Gasteiger partial charge in [-0.25, -0.2) is 0 Å².